The largest absolute Gasteiger partial charge is 0.395 e. The van der Waals surface area contributed by atoms with Gasteiger partial charge in [0.15, 0.2) is 0 Å². The van der Waals surface area contributed by atoms with Crippen molar-refractivity contribution in [3.63, 3.8) is 0 Å². The van der Waals surface area contributed by atoms with Crippen LogP contribution in [0.3, 0.4) is 0 Å². The van der Waals surface area contributed by atoms with Crippen molar-refractivity contribution in [3.8, 4) is 0 Å². The van der Waals surface area contributed by atoms with E-state index in [0.29, 0.717) is 13.3 Å². The highest BCUT2D eigenvalue weighted by atomic mass is 16.5. The first-order chi connectivity index (χ1) is 3.91. The normalized spacial score (nSPS) is 9.75. The molecule has 2 N–H and O–H groups in total. The van der Waals surface area contributed by atoms with E-state index in [1.165, 1.54) is 0 Å². The van der Waals surface area contributed by atoms with Crippen LogP contribution in [0.2, 0.25) is 0 Å². The first-order valence-corrected chi connectivity index (χ1v) is 2.81. The van der Waals surface area contributed by atoms with Gasteiger partial charge in [0, 0.05) is 13.2 Å². The summed E-state index contributed by atoms with van der Waals surface area (Å²) in [4.78, 5) is 0. The standard InChI is InChI=1S/C5H13NO2/c1-2-8-5-6-3-4-7/h6-7H,2-5H2,1H3. The molecule has 0 aromatic heterocycles. The summed E-state index contributed by atoms with van der Waals surface area (Å²) in [7, 11) is 0. The molecular formula is C5H13NO2. The van der Waals surface area contributed by atoms with Crippen LogP contribution in [0.1, 0.15) is 6.92 Å². The molecule has 0 amide bonds. The molecule has 50 valence electrons. The Labute approximate surface area is 49.7 Å². The lowest BCUT2D eigenvalue weighted by molar-refractivity contribution is 0.123. The molecule has 0 aromatic rings. The van der Waals surface area contributed by atoms with Crippen LogP contribution >= 0.6 is 0 Å². The molecule has 0 aliphatic rings. The Morgan fingerprint density at radius 3 is 2.88 bits per heavy atom. The lowest BCUT2D eigenvalue weighted by atomic mass is 10.7. The van der Waals surface area contributed by atoms with Gasteiger partial charge in [0.1, 0.15) is 0 Å². The molecule has 0 atom stereocenters. The van der Waals surface area contributed by atoms with Gasteiger partial charge in [-0.1, -0.05) is 0 Å². The van der Waals surface area contributed by atoms with E-state index in [1.54, 1.807) is 0 Å². The van der Waals surface area contributed by atoms with E-state index in [-0.39, 0.29) is 6.61 Å². The SMILES string of the molecule is CCOCNCCO. The number of nitrogens with one attached hydrogen (secondary N) is 1. The third kappa shape index (κ3) is 5.88. The third-order valence-corrected chi connectivity index (χ3v) is 0.697. The highest BCUT2D eigenvalue weighted by molar-refractivity contribution is 4.33. The zero-order chi connectivity index (χ0) is 6.24. The first-order valence-electron chi connectivity index (χ1n) is 2.81. The Kier molecular flexibility index (Phi) is 6.78. The molecule has 0 aliphatic heterocycles. The highest BCUT2D eigenvalue weighted by Crippen LogP contribution is 1.65. The summed E-state index contributed by atoms with van der Waals surface area (Å²) in [5, 5.41) is 11.1. The van der Waals surface area contributed by atoms with E-state index >= 15 is 0 Å². The summed E-state index contributed by atoms with van der Waals surface area (Å²) in [6.45, 7) is 3.98. The summed E-state index contributed by atoms with van der Waals surface area (Å²) >= 11 is 0. The zero-order valence-corrected chi connectivity index (χ0v) is 5.18. The fourth-order valence-electron chi connectivity index (χ4n) is 0.325. The van der Waals surface area contributed by atoms with Gasteiger partial charge in [0.05, 0.1) is 13.3 Å². The number of hydrogen-bond donors (Lipinski definition) is 2. The van der Waals surface area contributed by atoms with Gasteiger partial charge in [0.25, 0.3) is 0 Å². The summed E-state index contributed by atoms with van der Waals surface area (Å²) in [6, 6.07) is 0. The number of ether oxygens (including phenoxy) is 1. The number of aliphatic hydroxyl groups excluding tert-OH is 1. The minimum absolute atomic E-state index is 0.174. The molecule has 0 bridgehead atoms. The third-order valence-electron chi connectivity index (χ3n) is 0.697. The van der Waals surface area contributed by atoms with Gasteiger partial charge in [-0.2, -0.15) is 0 Å². The van der Waals surface area contributed by atoms with Crippen molar-refractivity contribution in [1.82, 2.24) is 5.32 Å². The van der Waals surface area contributed by atoms with Crippen molar-refractivity contribution in [3.05, 3.63) is 0 Å². The van der Waals surface area contributed by atoms with Crippen LogP contribution in [-0.2, 0) is 4.74 Å². The van der Waals surface area contributed by atoms with Crippen molar-refractivity contribution in [2.45, 2.75) is 6.92 Å². The van der Waals surface area contributed by atoms with E-state index in [0.717, 1.165) is 6.61 Å². The van der Waals surface area contributed by atoms with Crippen LogP contribution in [0.15, 0.2) is 0 Å². The quantitative estimate of drug-likeness (QED) is 0.381. The molecule has 0 saturated carbocycles. The summed E-state index contributed by atoms with van der Waals surface area (Å²) in [5.41, 5.74) is 0. The summed E-state index contributed by atoms with van der Waals surface area (Å²) < 4.78 is 4.91. The molecule has 0 aromatic carbocycles. The lowest BCUT2D eigenvalue weighted by Crippen LogP contribution is -2.21. The van der Waals surface area contributed by atoms with E-state index < -0.39 is 0 Å². The molecule has 8 heavy (non-hydrogen) atoms. The maximum absolute atomic E-state index is 8.25. The molecule has 0 aliphatic carbocycles. The second-order valence-corrected chi connectivity index (χ2v) is 1.36. The Balaban J connectivity index is 2.53. The van der Waals surface area contributed by atoms with E-state index in [9.17, 15) is 0 Å². The van der Waals surface area contributed by atoms with Gasteiger partial charge in [-0.25, -0.2) is 0 Å². The Morgan fingerprint density at radius 1 is 1.62 bits per heavy atom. The Hall–Kier alpha value is -0.120. The Bertz CT molecular complexity index is 35.4. The maximum atomic E-state index is 8.25. The predicted octanol–water partition coefficient (Wildman–Crippen LogP) is -0.438. The molecule has 0 radical (unpaired) electrons. The van der Waals surface area contributed by atoms with Gasteiger partial charge in [0.2, 0.25) is 0 Å². The smallest absolute Gasteiger partial charge is 0.0965 e. The topological polar surface area (TPSA) is 41.5 Å². The van der Waals surface area contributed by atoms with E-state index in [2.05, 4.69) is 5.32 Å². The van der Waals surface area contributed by atoms with Gasteiger partial charge in [-0.3, -0.25) is 5.32 Å². The first kappa shape index (κ1) is 7.88. The molecule has 3 nitrogen and oxygen atoms in total. The van der Waals surface area contributed by atoms with Crippen LogP contribution in [0, 0.1) is 0 Å². The molecule has 0 rings (SSSR count). The highest BCUT2D eigenvalue weighted by Gasteiger charge is 1.79. The molecule has 0 fully saturated rings. The van der Waals surface area contributed by atoms with Crippen molar-refractivity contribution < 1.29 is 9.84 Å². The molecule has 0 heterocycles. The van der Waals surface area contributed by atoms with Gasteiger partial charge in [-0.15, -0.1) is 0 Å². The minimum Gasteiger partial charge on any atom is -0.395 e. The minimum atomic E-state index is 0.174. The van der Waals surface area contributed by atoms with Gasteiger partial charge in [-0.05, 0) is 6.92 Å². The monoisotopic (exact) mass is 119 g/mol. The molecule has 0 spiro atoms. The second-order valence-electron chi connectivity index (χ2n) is 1.36. The number of rotatable bonds is 5. The van der Waals surface area contributed by atoms with Crippen LogP contribution in [-0.4, -0.2) is 31.6 Å². The second kappa shape index (κ2) is 6.88. The predicted molar refractivity (Wildman–Crippen MR) is 31.6 cm³/mol. The van der Waals surface area contributed by atoms with Crippen LogP contribution in [0.4, 0.5) is 0 Å². The van der Waals surface area contributed by atoms with Crippen molar-refractivity contribution in [1.29, 1.82) is 0 Å². The molecule has 0 unspecified atom stereocenters. The number of aliphatic hydroxyl groups is 1. The van der Waals surface area contributed by atoms with E-state index in [1.807, 2.05) is 6.92 Å². The van der Waals surface area contributed by atoms with Crippen LogP contribution < -0.4 is 5.32 Å². The average molecular weight is 119 g/mol. The fraction of sp³-hybridized carbons (Fsp3) is 1.00. The lowest BCUT2D eigenvalue weighted by Gasteiger charge is -1.99. The summed E-state index contributed by atoms with van der Waals surface area (Å²) in [6.07, 6.45) is 0. The van der Waals surface area contributed by atoms with Crippen LogP contribution in [0.25, 0.3) is 0 Å². The average Bonchev–Trinajstić information content (AvgIpc) is 1.81. The van der Waals surface area contributed by atoms with Gasteiger partial charge >= 0.3 is 0 Å². The van der Waals surface area contributed by atoms with Crippen molar-refractivity contribution in [2.75, 3.05) is 26.5 Å². The van der Waals surface area contributed by atoms with Crippen molar-refractivity contribution >= 4 is 0 Å². The summed E-state index contributed by atoms with van der Waals surface area (Å²) in [5.74, 6) is 0. The van der Waals surface area contributed by atoms with Gasteiger partial charge < -0.3 is 9.84 Å². The van der Waals surface area contributed by atoms with Crippen LogP contribution in [0.5, 0.6) is 0 Å². The molecule has 0 saturated heterocycles. The Morgan fingerprint density at radius 2 is 2.38 bits per heavy atom. The zero-order valence-electron chi connectivity index (χ0n) is 5.18. The molecular weight excluding hydrogens is 106 g/mol. The number of hydrogen-bond acceptors (Lipinski definition) is 3. The molecule has 3 heteroatoms. The fourth-order valence-corrected chi connectivity index (χ4v) is 0.325. The maximum Gasteiger partial charge on any atom is 0.0965 e. The van der Waals surface area contributed by atoms with Crippen molar-refractivity contribution in [2.24, 2.45) is 0 Å². The van der Waals surface area contributed by atoms with E-state index in [4.69, 9.17) is 9.84 Å².